The van der Waals surface area contributed by atoms with E-state index in [0.29, 0.717) is 29.4 Å². The molecule has 0 spiro atoms. The molecule has 43 heavy (non-hydrogen) atoms. The molecule has 0 bridgehead atoms. The lowest BCUT2D eigenvalue weighted by Gasteiger charge is -2.26. The van der Waals surface area contributed by atoms with Crippen molar-refractivity contribution in [1.29, 1.82) is 0 Å². The van der Waals surface area contributed by atoms with Gasteiger partial charge in [0.15, 0.2) is 5.60 Å². The van der Waals surface area contributed by atoms with Gasteiger partial charge in [0.05, 0.1) is 25.0 Å². The van der Waals surface area contributed by atoms with E-state index in [4.69, 9.17) is 19.2 Å². The third kappa shape index (κ3) is 7.87. The number of hydrogen-bond acceptors (Lipinski definition) is 7. The number of thiazole rings is 1. The molecule has 6 nitrogen and oxygen atoms in total. The molecule has 0 aliphatic carbocycles. The van der Waals surface area contributed by atoms with Gasteiger partial charge in [0.2, 0.25) is 0 Å². The van der Waals surface area contributed by atoms with Gasteiger partial charge in [-0.15, -0.1) is 0 Å². The van der Waals surface area contributed by atoms with Crippen LogP contribution in [0, 0.1) is 13.8 Å². The molecule has 0 radical (unpaired) electrons. The van der Waals surface area contributed by atoms with E-state index in [1.807, 2.05) is 56.3 Å². The topological polar surface area (TPSA) is 60.9 Å². The summed E-state index contributed by atoms with van der Waals surface area (Å²) in [5, 5.41) is 1.54. The number of rotatable bonds is 11. The van der Waals surface area contributed by atoms with Crippen LogP contribution in [-0.2, 0) is 28.8 Å². The normalized spacial score (nSPS) is 11.7. The molecule has 0 unspecified atom stereocenters. The maximum absolute atomic E-state index is 13.1. The molecule has 0 aliphatic rings. The van der Waals surface area contributed by atoms with Crippen molar-refractivity contribution in [3.8, 4) is 22.1 Å². The highest BCUT2D eigenvalue weighted by atomic mass is 32.1. The van der Waals surface area contributed by atoms with Crippen molar-refractivity contribution >= 4 is 22.3 Å². The summed E-state index contributed by atoms with van der Waals surface area (Å²) in [4.78, 5) is 19.3. The molecule has 4 aromatic rings. The fourth-order valence-electron chi connectivity index (χ4n) is 4.56. The van der Waals surface area contributed by atoms with E-state index in [0.717, 1.165) is 45.3 Å². The SMILES string of the molecule is CCOC(=O)C(C)(C)Oc1ccc(CN(Cc2cccc(OC)c2)c2sc(-c3ccc(C(F)(F)F)cc3)nc2C)cc1C. The van der Waals surface area contributed by atoms with Gasteiger partial charge in [-0.05, 0) is 81.6 Å². The molecule has 0 amide bonds. The number of halogens is 3. The lowest BCUT2D eigenvalue weighted by atomic mass is 10.1. The summed E-state index contributed by atoms with van der Waals surface area (Å²) in [5.74, 6) is 0.887. The Morgan fingerprint density at radius 3 is 2.23 bits per heavy atom. The zero-order valence-electron chi connectivity index (χ0n) is 25.0. The summed E-state index contributed by atoms with van der Waals surface area (Å²) >= 11 is 1.43. The summed E-state index contributed by atoms with van der Waals surface area (Å²) in [6.07, 6.45) is -4.40. The number of anilines is 1. The zero-order chi connectivity index (χ0) is 31.4. The number of carbonyl (C=O) groups is 1. The van der Waals surface area contributed by atoms with Crippen LogP contribution < -0.4 is 14.4 Å². The summed E-state index contributed by atoms with van der Waals surface area (Å²) in [5.41, 5.74) is 2.45. The Morgan fingerprint density at radius 2 is 1.63 bits per heavy atom. The van der Waals surface area contributed by atoms with Crippen molar-refractivity contribution in [1.82, 2.24) is 4.98 Å². The molecule has 1 aromatic heterocycles. The summed E-state index contributed by atoms with van der Waals surface area (Å²) in [6, 6.07) is 18.7. The van der Waals surface area contributed by atoms with E-state index < -0.39 is 23.3 Å². The van der Waals surface area contributed by atoms with Gasteiger partial charge in [-0.1, -0.05) is 47.7 Å². The predicted octanol–water partition coefficient (Wildman–Crippen LogP) is 8.38. The predicted molar refractivity (Wildman–Crippen MR) is 163 cm³/mol. The van der Waals surface area contributed by atoms with Crippen LogP contribution in [0.5, 0.6) is 11.5 Å². The number of alkyl halides is 3. The van der Waals surface area contributed by atoms with Crippen LogP contribution in [0.3, 0.4) is 0 Å². The Balaban J connectivity index is 1.65. The van der Waals surface area contributed by atoms with E-state index in [-0.39, 0.29) is 6.61 Å². The second kappa shape index (κ2) is 13.1. The van der Waals surface area contributed by atoms with Crippen LogP contribution in [0.15, 0.2) is 66.7 Å². The third-order valence-corrected chi connectivity index (χ3v) is 8.04. The first-order valence-electron chi connectivity index (χ1n) is 13.8. The van der Waals surface area contributed by atoms with Gasteiger partial charge in [-0.25, -0.2) is 9.78 Å². The average Bonchev–Trinajstić information content (AvgIpc) is 3.35. The van der Waals surface area contributed by atoms with Gasteiger partial charge >= 0.3 is 12.1 Å². The maximum atomic E-state index is 13.1. The van der Waals surface area contributed by atoms with E-state index in [9.17, 15) is 18.0 Å². The molecular formula is C33H35F3N2O4S. The molecule has 0 fully saturated rings. The summed E-state index contributed by atoms with van der Waals surface area (Å²) < 4.78 is 55.9. The highest BCUT2D eigenvalue weighted by Crippen LogP contribution is 2.38. The highest BCUT2D eigenvalue weighted by Gasteiger charge is 2.32. The number of carbonyl (C=O) groups excluding carboxylic acids is 1. The van der Waals surface area contributed by atoms with Crippen LogP contribution in [-0.4, -0.2) is 30.3 Å². The molecule has 10 heteroatoms. The molecule has 228 valence electrons. The van der Waals surface area contributed by atoms with E-state index in [2.05, 4.69) is 4.90 Å². The van der Waals surface area contributed by atoms with Crippen LogP contribution in [0.4, 0.5) is 18.2 Å². The van der Waals surface area contributed by atoms with Crippen LogP contribution in [0.1, 0.15) is 48.7 Å². The molecule has 0 N–H and O–H groups in total. The number of methoxy groups -OCH3 is 1. The molecule has 0 aliphatic heterocycles. The largest absolute Gasteiger partial charge is 0.497 e. The van der Waals surface area contributed by atoms with Gasteiger partial charge < -0.3 is 19.1 Å². The summed E-state index contributed by atoms with van der Waals surface area (Å²) in [7, 11) is 1.62. The van der Waals surface area contributed by atoms with Gasteiger partial charge in [0.25, 0.3) is 0 Å². The Kier molecular flexibility index (Phi) is 9.69. The highest BCUT2D eigenvalue weighted by molar-refractivity contribution is 7.19. The maximum Gasteiger partial charge on any atom is 0.416 e. The Hall–Kier alpha value is -4.05. The van der Waals surface area contributed by atoms with Crippen LogP contribution >= 0.6 is 11.3 Å². The smallest absolute Gasteiger partial charge is 0.416 e. The lowest BCUT2D eigenvalue weighted by Crippen LogP contribution is -2.39. The molecule has 4 rings (SSSR count). The van der Waals surface area contributed by atoms with Gasteiger partial charge in [0, 0.05) is 18.7 Å². The molecule has 3 aromatic carbocycles. The monoisotopic (exact) mass is 612 g/mol. The van der Waals surface area contributed by atoms with Gasteiger partial charge in [-0.2, -0.15) is 13.2 Å². The standard InChI is InChI=1S/C33H35F3N2O4S/c1-7-41-31(39)32(4,5)42-28-16-11-24(17-21(28)2)20-38(19-23-9-8-10-27(18-23)40-6)30-22(3)37-29(43-30)25-12-14-26(15-13-25)33(34,35)36/h8-18H,7,19-20H2,1-6H3. The molecule has 1 heterocycles. The minimum Gasteiger partial charge on any atom is -0.497 e. The number of esters is 1. The number of benzene rings is 3. The Morgan fingerprint density at radius 1 is 0.953 bits per heavy atom. The van der Waals surface area contributed by atoms with E-state index in [1.54, 1.807) is 27.9 Å². The van der Waals surface area contributed by atoms with Crippen molar-refractivity contribution < 1.29 is 32.2 Å². The number of ether oxygens (including phenoxy) is 3. The fourth-order valence-corrected chi connectivity index (χ4v) is 5.64. The minimum atomic E-state index is -4.40. The first kappa shape index (κ1) is 31.9. The van der Waals surface area contributed by atoms with E-state index in [1.165, 1.54) is 23.5 Å². The molecule has 0 saturated carbocycles. The zero-order valence-corrected chi connectivity index (χ0v) is 25.9. The third-order valence-electron chi connectivity index (χ3n) is 6.77. The van der Waals surface area contributed by atoms with Crippen molar-refractivity contribution in [2.24, 2.45) is 0 Å². The first-order chi connectivity index (χ1) is 20.3. The lowest BCUT2D eigenvalue weighted by molar-refractivity contribution is -0.158. The van der Waals surface area contributed by atoms with Crippen LogP contribution in [0.2, 0.25) is 0 Å². The van der Waals surface area contributed by atoms with Gasteiger partial charge in [-0.3, -0.25) is 0 Å². The quantitative estimate of drug-likeness (QED) is 0.159. The van der Waals surface area contributed by atoms with Crippen molar-refractivity contribution in [2.45, 2.75) is 59.5 Å². The minimum absolute atomic E-state index is 0.268. The van der Waals surface area contributed by atoms with Crippen molar-refractivity contribution in [3.05, 3.63) is 94.7 Å². The Bertz CT molecular complexity index is 1570. The Labute approximate surface area is 254 Å². The number of aromatic nitrogens is 1. The van der Waals surface area contributed by atoms with Crippen molar-refractivity contribution in [3.63, 3.8) is 0 Å². The van der Waals surface area contributed by atoms with Gasteiger partial charge in [0.1, 0.15) is 21.5 Å². The first-order valence-corrected chi connectivity index (χ1v) is 14.6. The number of hydrogen-bond donors (Lipinski definition) is 0. The van der Waals surface area contributed by atoms with Crippen LogP contribution in [0.25, 0.3) is 10.6 Å². The number of aryl methyl sites for hydroxylation is 2. The second-order valence-electron chi connectivity index (χ2n) is 10.6. The summed E-state index contributed by atoms with van der Waals surface area (Å²) in [6.45, 7) is 10.3. The number of nitrogens with zero attached hydrogens (tertiary/aromatic N) is 2. The van der Waals surface area contributed by atoms with E-state index >= 15 is 0 Å². The fraction of sp³-hybridized carbons (Fsp3) is 0.333. The average molecular weight is 613 g/mol. The van der Waals surface area contributed by atoms with Crippen molar-refractivity contribution in [2.75, 3.05) is 18.6 Å². The molecule has 0 atom stereocenters. The second-order valence-corrected chi connectivity index (χ2v) is 11.6. The molecule has 0 saturated heterocycles. The molecular weight excluding hydrogens is 577 g/mol.